The van der Waals surface area contributed by atoms with E-state index in [1.54, 1.807) is 0 Å². The Balaban J connectivity index is 1.62. The van der Waals surface area contributed by atoms with Crippen LogP contribution < -0.4 is 4.90 Å². The molecule has 1 aromatic carbocycles. The van der Waals surface area contributed by atoms with Crippen molar-refractivity contribution in [2.45, 2.75) is 19.6 Å². The van der Waals surface area contributed by atoms with Crippen LogP contribution in [0, 0.1) is 23.4 Å². The molecule has 0 spiro atoms. The second kappa shape index (κ2) is 9.70. The van der Waals surface area contributed by atoms with Gasteiger partial charge < -0.3 is 9.79 Å². The monoisotopic (exact) mass is 501 g/mol. The van der Waals surface area contributed by atoms with Gasteiger partial charge in [0.2, 0.25) is 5.91 Å². The van der Waals surface area contributed by atoms with E-state index in [1.165, 1.54) is 18.5 Å². The Labute approximate surface area is 191 Å². The highest BCUT2D eigenvalue weighted by atomic mass is 35.5. The molecule has 9 nitrogen and oxygen atoms in total. The summed E-state index contributed by atoms with van der Waals surface area (Å²) in [7, 11) is -2.73. The van der Waals surface area contributed by atoms with Gasteiger partial charge in [-0.3, -0.25) is 14.2 Å². The standard InChI is InChI=1S/C19H16ClF3N5O4P/c20-15-13(21)6-10(7-14(15)22)5-11-2-4-27(19(11)29)18-16(23)17(12-1-3-24-25-8-12)28(26-18)9-32-33(30)31/h1,3,6-8,11,30-31H,2,4-5,9H2. The maximum Gasteiger partial charge on any atom is 0.328 e. The van der Waals surface area contributed by atoms with E-state index in [0.717, 1.165) is 21.7 Å². The Bertz CT molecular complexity index is 1160. The number of nitrogens with zero attached hydrogens (tertiary/aromatic N) is 5. The first-order chi connectivity index (χ1) is 15.8. The van der Waals surface area contributed by atoms with E-state index in [0.29, 0.717) is 6.42 Å². The van der Waals surface area contributed by atoms with Crippen molar-refractivity contribution < 1.29 is 32.3 Å². The number of hydrogen-bond donors (Lipinski definition) is 2. The normalized spacial score (nSPS) is 16.3. The van der Waals surface area contributed by atoms with E-state index in [4.69, 9.17) is 25.9 Å². The fourth-order valence-corrected chi connectivity index (χ4v) is 3.98. The molecule has 2 aromatic heterocycles. The van der Waals surface area contributed by atoms with Crippen LogP contribution >= 0.6 is 20.2 Å². The molecule has 1 atom stereocenters. The van der Waals surface area contributed by atoms with Crippen LogP contribution in [0.25, 0.3) is 11.3 Å². The SMILES string of the molecule is O=C1C(Cc2cc(F)c(Cl)c(F)c2)CCN1c1nn(COP(O)O)c(-c2ccnnc2)c1F. The van der Waals surface area contributed by atoms with Crippen LogP contribution in [-0.2, 0) is 22.5 Å². The van der Waals surface area contributed by atoms with Crippen LogP contribution in [0.3, 0.4) is 0 Å². The second-order valence-corrected chi connectivity index (χ2v) is 8.32. The van der Waals surface area contributed by atoms with Crippen molar-refractivity contribution in [2.24, 2.45) is 5.92 Å². The van der Waals surface area contributed by atoms with Crippen LogP contribution in [0.15, 0.2) is 30.6 Å². The summed E-state index contributed by atoms with van der Waals surface area (Å²) in [4.78, 5) is 32.2. The average molecular weight is 502 g/mol. The molecule has 33 heavy (non-hydrogen) atoms. The molecule has 3 aromatic rings. The Kier molecular flexibility index (Phi) is 6.91. The molecule has 1 fully saturated rings. The summed E-state index contributed by atoms with van der Waals surface area (Å²) in [5.41, 5.74) is 0.437. The summed E-state index contributed by atoms with van der Waals surface area (Å²) in [5, 5.41) is 10.8. The molecule has 4 rings (SSSR count). The molecule has 3 heterocycles. The quantitative estimate of drug-likeness (QED) is 0.377. The van der Waals surface area contributed by atoms with Gasteiger partial charge in [0, 0.05) is 18.0 Å². The van der Waals surface area contributed by atoms with Crippen LogP contribution in [0.1, 0.15) is 12.0 Å². The van der Waals surface area contributed by atoms with Crippen molar-refractivity contribution in [1.82, 2.24) is 20.0 Å². The lowest BCUT2D eigenvalue weighted by atomic mass is 9.98. The zero-order valence-corrected chi connectivity index (χ0v) is 18.3. The van der Waals surface area contributed by atoms with E-state index in [2.05, 4.69) is 15.3 Å². The van der Waals surface area contributed by atoms with Crippen LogP contribution in [0.2, 0.25) is 5.02 Å². The topological polar surface area (TPSA) is 114 Å². The molecule has 2 N–H and O–H groups in total. The molecule has 1 amide bonds. The number of amides is 1. The zero-order valence-electron chi connectivity index (χ0n) is 16.7. The van der Waals surface area contributed by atoms with Gasteiger partial charge in [0.05, 0.1) is 12.4 Å². The molecular formula is C19H16ClF3N5O4P. The molecule has 1 aliphatic rings. The van der Waals surface area contributed by atoms with Gasteiger partial charge in [0.25, 0.3) is 0 Å². The lowest BCUT2D eigenvalue weighted by molar-refractivity contribution is -0.120. The fraction of sp³-hybridized carbons (Fsp3) is 0.263. The highest BCUT2D eigenvalue weighted by molar-refractivity contribution is 7.39. The zero-order chi connectivity index (χ0) is 23.7. The number of hydrogen-bond acceptors (Lipinski definition) is 7. The summed E-state index contributed by atoms with van der Waals surface area (Å²) in [5.74, 6) is -4.11. The Morgan fingerprint density at radius 2 is 1.94 bits per heavy atom. The third-order valence-electron chi connectivity index (χ3n) is 5.13. The molecule has 1 aliphatic heterocycles. The van der Waals surface area contributed by atoms with Gasteiger partial charge >= 0.3 is 8.60 Å². The second-order valence-electron chi connectivity index (χ2n) is 7.18. The van der Waals surface area contributed by atoms with Crippen LogP contribution in [0.5, 0.6) is 0 Å². The van der Waals surface area contributed by atoms with Crippen molar-refractivity contribution in [2.75, 3.05) is 11.4 Å². The van der Waals surface area contributed by atoms with Crippen molar-refractivity contribution in [1.29, 1.82) is 0 Å². The van der Waals surface area contributed by atoms with Gasteiger partial charge in [-0.05, 0) is 36.6 Å². The molecule has 0 radical (unpaired) electrons. The predicted octanol–water partition coefficient (Wildman–Crippen LogP) is 3.19. The van der Waals surface area contributed by atoms with Gasteiger partial charge in [0.15, 0.2) is 11.6 Å². The number of carbonyl (C=O) groups is 1. The summed E-state index contributed by atoms with van der Waals surface area (Å²) in [6, 6.07) is 3.58. The molecule has 0 bridgehead atoms. The smallest absolute Gasteiger partial charge is 0.328 e. The van der Waals surface area contributed by atoms with Crippen molar-refractivity contribution in [3.05, 3.63) is 58.6 Å². The first-order valence-corrected chi connectivity index (χ1v) is 11.1. The fourth-order valence-electron chi connectivity index (χ4n) is 3.66. The minimum atomic E-state index is -2.73. The third-order valence-corrected chi connectivity index (χ3v) is 5.84. The first kappa shape index (κ1) is 23.5. The third kappa shape index (κ3) is 4.85. The van der Waals surface area contributed by atoms with Crippen LogP contribution in [-0.4, -0.2) is 42.2 Å². The highest BCUT2D eigenvalue weighted by Crippen LogP contribution is 2.35. The van der Waals surface area contributed by atoms with E-state index in [-0.39, 0.29) is 35.6 Å². The summed E-state index contributed by atoms with van der Waals surface area (Å²) >= 11 is 5.50. The maximum absolute atomic E-state index is 15.4. The average Bonchev–Trinajstić information content (AvgIpc) is 3.30. The van der Waals surface area contributed by atoms with E-state index < -0.39 is 49.6 Å². The van der Waals surface area contributed by atoms with Gasteiger partial charge in [-0.15, -0.1) is 5.10 Å². The molecule has 0 aliphatic carbocycles. The van der Waals surface area contributed by atoms with Gasteiger partial charge in [-0.1, -0.05) is 11.6 Å². The van der Waals surface area contributed by atoms with Crippen LogP contribution in [0.4, 0.5) is 19.0 Å². The number of aromatic nitrogens is 4. The highest BCUT2D eigenvalue weighted by Gasteiger charge is 2.37. The minimum absolute atomic E-state index is 0.0340. The number of rotatable bonds is 7. The van der Waals surface area contributed by atoms with Gasteiger partial charge in [-0.2, -0.15) is 10.2 Å². The summed E-state index contributed by atoms with van der Waals surface area (Å²) in [6.45, 7) is -0.375. The largest absolute Gasteiger partial charge is 0.328 e. The predicted molar refractivity (Wildman–Crippen MR) is 111 cm³/mol. The van der Waals surface area contributed by atoms with E-state index in [9.17, 15) is 13.6 Å². The Hall–Kier alpha value is -2.63. The molecule has 1 saturated heterocycles. The van der Waals surface area contributed by atoms with Gasteiger partial charge in [0.1, 0.15) is 29.1 Å². The lowest BCUT2D eigenvalue weighted by Gasteiger charge is -2.14. The number of benzene rings is 1. The van der Waals surface area contributed by atoms with E-state index >= 15 is 4.39 Å². The molecule has 0 saturated carbocycles. The Morgan fingerprint density at radius 1 is 1.21 bits per heavy atom. The minimum Gasteiger partial charge on any atom is -0.328 e. The van der Waals surface area contributed by atoms with Crippen molar-refractivity contribution in [3.63, 3.8) is 0 Å². The van der Waals surface area contributed by atoms with Gasteiger partial charge in [-0.25, -0.2) is 17.9 Å². The summed E-state index contributed by atoms with van der Waals surface area (Å²) < 4.78 is 48.7. The maximum atomic E-state index is 15.4. The number of halogens is 4. The first-order valence-electron chi connectivity index (χ1n) is 9.55. The molecule has 1 unspecified atom stereocenters. The molecule has 174 valence electrons. The Morgan fingerprint density at radius 3 is 2.58 bits per heavy atom. The molecular weight excluding hydrogens is 486 g/mol. The van der Waals surface area contributed by atoms with Crippen molar-refractivity contribution in [3.8, 4) is 11.3 Å². The molecule has 14 heteroatoms. The van der Waals surface area contributed by atoms with Crippen molar-refractivity contribution >= 4 is 31.9 Å². The summed E-state index contributed by atoms with van der Waals surface area (Å²) in [6.07, 6.45) is 2.95. The number of anilines is 1. The lowest BCUT2D eigenvalue weighted by Crippen LogP contribution is -2.29. The van der Waals surface area contributed by atoms with E-state index in [1.807, 2.05) is 0 Å². The number of carbonyl (C=O) groups excluding carboxylic acids is 1.